The minimum absolute atomic E-state index is 0.0500. The van der Waals surface area contributed by atoms with Crippen molar-refractivity contribution in [1.29, 1.82) is 0 Å². The first-order chi connectivity index (χ1) is 8.79. The first-order valence-corrected chi connectivity index (χ1v) is 5.40. The Hall–Kier alpha value is -2.62. The lowest BCUT2D eigenvalue weighted by Crippen LogP contribution is -2.31. The number of likely N-dealkylation sites (N-methyl/N-ethyl adjacent to an activating group) is 1. The Kier molecular flexibility index (Phi) is 2.67. The van der Waals surface area contributed by atoms with Crippen LogP contribution in [0.4, 0.5) is 10.6 Å². The lowest BCUT2D eigenvalue weighted by molar-refractivity contribution is -0.138. The minimum atomic E-state index is -0.967. The molecule has 0 N–H and O–H groups in total. The number of aromatic nitrogens is 1. The lowest BCUT2D eigenvalue weighted by Gasteiger charge is -2.11. The van der Waals surface area contributed by atoms with Crippen LogP contribution in [0.2, 0.25) is 0 Å². The van der Waals surface area contributed by atoms with Gasteiger partial charge in [-0.2, -0.15) is 0 Å². The summed E-state index contributed by atoms with van der Waals surface area (Å²) in [6.45, 7) is 3.45. The lowest BCUT2D eigenvalue weighted by atomic mass is 9.92. The van der Waals surface area contributed by atoms with Crippen LogP contribution < -0.4 is 4.90 Å². The van der Waals surface area contributed by atoms with Crippen LogP contribution in [0.3, 0.4) is 0 Å². The van der Waals surface area contributed by atoms with Gasteiger partial charge >= 0.3 is 17.8 Å². The third-order valence-corrected chi connectivity index (χ3v) is 2.87. The fraction of sp³-hybridized carbons (Fsp3) is 0.333. The summed E-state index contributed by atoms with van der Waals surface area (Å²) in [5, 5.41) is 3.62. The van der Waals surface area contributed by atoms with E-state index in [0.29, 0.717) is 15.6 Å². The number of carbonyl (C=O) groups is 3. The van der Waals surface area contributed by atoms with Gasteiger partial charge in [0.2, 0.25) is 0 Å². The van der Waals surface area contributed by atoms with Gasteiger partial charge in [-0.15, -0.1) is 6.42 Å². The van der Waals surface area contributed by atoms with Gasteiger partial charge in [-0.05, 0) is 13.8 Å². The fourth-order valence-electron chi connectivity index (χ4n) is 1.50. The summed E-state index contributed by atoms with van der Waals surface area (Å²) in [5.74, 6) is 0.900. The van der Waals surface area contributed by atoms with Crippen molar-refractivity contribution in [2.24, 2.45) is 0 Å². The number of anilines is 1. The zero-order chi connectivity index (χ0) is 14.4. The monoisotopic (exact) mass is 261 g/mol. The maximum atomic E-state index is 11.7. The Labute approximate surface area is 109 Å². The molecule has 1 saturated heterocycles. The van der Waals surface area contributed by atoms with Gasteiger partial charge in [-0.3, -0.25) is 14.5 Å². The zero-order valence-corrected chi connectivity index (χ0v) is 10.6. The van der Waals surface area contributed by atoms with Crippen molar-refractivity contribution in [3.63, 3.8) is 0 Å². The van der Waals surface area contributed by atoms with Crippen LogP contribution >= 0.6 is 0 Å². The molecule has 1 aromatic rings. The van der Waals surface area contributed by atoms with E-state index in [0.717, 1.165) is 0 Å². The molecule has 1 aromatic heterocycles. The number of urea groups is 1. The van der Waals surface area contributed by atoms with Crippen molar-refractivity contribution in [3.8, 4) is 12.3 Å². The maximum Gasteiger partial charge on any atom is 0.339 e. The van der Waals surface area contributed by atoms with E-state index in [1.807, 2.05) is 0 Å². The number of rotatable bonds is 2. The number of terminal acetylenes is 1. The van der Waals surface area contributed by atoms with Crippen LogP contribution in [-0.2, 0) is 15.0 Å². The van der Waals surface area contributed by atoms with E-state index in [1.165, 1.54) is 13.1 Å². The van der Waals surface area contributed by atoms with Crippen molar-refractivity contribution in [2.45, 2.75) is 19.3 Å². The number of carbonyl (C=O) groups excluding carboxylic acids is 3. The molecule has 0 spiro atoms. The third kappa shape index (κ3) is 1.78. The number of imide groups is 2. The normalized spacial score (nSPS) is 16.2. The van der Waals surface area contributed by atoms with Crippen molar-refractivity contribution in [1.82, 2.24) is 10.1 Å². The highest BCUT2D eigenvalue weighted by Gasteiger charge is 2.45. The number of hydrogen-bond acceptors (Lipinski definition) is 5. The highest BCUT2D eigenvalue weighted by molar-refractivity contribution is 6.52. The van der Waals surface area contributed by atoms with E-state index in [9.17, 15) is 14.4 Å². The van der Waals surface area contributed by atoms with Crippen molar-refractivity contribution >= 4 is 23.7 Å². The molecule has 0 bridgehead atoms. The Morgan fingerprint density at radius 2 is 1.95 bits per heavy atom. The predicted molar refractivity (Wildman–Crippen MR) is 64.0 cm³/mol. The molecule has 1 aliphatic heterocycles. The Morgan fingerprint density at radius 1 is 1.32 bits per heavy atom. The molecule has 2 heterocycles. The number of hydrogen-bond donors (Lipinski definition) is 0. The third-order valence-electron chi connectivity index (χ3n) is 2.87. The van der Waals surface area contributed by atoms with E-state index in [2.05, 4.69) is 11.1 Å². The maximum absolute atomic E-state index is 11.7. The highest BCUT2D eigenvalue weighted by atomic mass is 16.5. The fourth-order valence-corrected chi connectivity index (χ4v) is 1.50. The smallest absolute Gasteiger partial charge is 0.339 e. The summed E-state index contributed by atoms with van der Waals surface area (Å²) in [5.41, 5.74) is -0.729. The average Bonchev–Trinajstić information content (AvgIpc) is 2.92. The van der Waals surface area contributed by atoms with Crippen molar-refractivity contribution < 1.29 is 18.9 Å². The van der Waals surface area contributed by atoms with E-state index < -0.39 is 23.3 Å². The first-order valence-electron chi connectivity index (χ1n) is 5.40. The standard InChI is InChI=1S/C12H11N3O4/c1-5-12(2,3)7-6-8(13-19-7)15-10(17)9(16)14(4)11(15)18/h1,6H,2-4H3. The molecule has 0 saturated carbocycles. The molecule has 2 rings (SSSR count). The van der Waals surface area contributed by atoms with Crippen LogP contribution in [0.25, 0.3) is 0 Å². The summed E-state index contributed by atoms with van der Waals surface area (Å²) >= 11 is 0. The summed E-state index contributed by atoms with van der Waals surface area (Å²) in [6, 6.07) is 0.607. The van der Waals surface area contributed by atoms with Crippen LogP contribution in [0.5, 0.6) is 0 Å². The molecule has 1 fully saturated rings. The second-order valence-electron chi connectivity index (χ2n) is 4.61. The van der Waals surface area contributed by atoms with Crippen molar-refractivity contribution in [3.05, 3.63) is 11.8 Å². The van der Waals surface area contributed by atoms with Gasteiger partial charge in [0.15, 0.2) is 11.6 Å². The second-order valence-corrected chi connectivity index (χ2v) is 4.61. The molecule has 7 nitrogen and oxygen atoms in total. The summed E-state index contributed by atoms with van der Waals surface area (Å²) < 4.78 is 5.03. The largest absolute Gasteiger partial charge is 0.358 e. The van der Waals surface area contributed by atoms with E-state index in [-0.39, 0.29) is 5.82 Å². The molecule has 98 valence electrons. The molecule has 4 amide bonds. The predicted octanol–water partition coefficient (Wildman–Crippen LogP) is 0.510. The van der Waals surface area contributed by atoms with E-state index >= 15 is 0 Å². The molecule has 19 heavy (non-hydrogen) atoms. The molecule has 1 aliphatic rings. The summed E-state index contributed by atoms with van der Waals surface area (Å²) in [7, 11) is 1.22. The van der Waals surface area contributed by atoms with Gasteiger partial charge in [0.25, 0.3) is 0 Å². The Bertz CT molecular complexity index is 623. The molecular formula is C12H11N3O4. The summed E-state index contributed by atoms with van der Waals surface area (Å²) in [6.07, 6.45) is 5.35. The van der Waals surface area contributed by atoms with Crippen LogP contribution in [0, 0.1) is 12.3 Å². The van der Waals surface area contributed by atoms with E-state index in [1.54, 1.807) is 13.8 Å². The van der Waals surface area contributed by atoms with Gasteiger partial charge in [0, 0.05) is 13.1 Å². The molecule has 0 atom stereocenters. The van der Waals surface area contributed by atoms with Crippen molar-refractivity contribution in [2.75, 3.05) is 11.9 Å². The summed E-state index contributed by atoms with van der Waals surface area (Å²) in [4.78, 5) is 36.1. The van der Waals surface area contributed by atoms with Crippen LogP contribution in [0.15, 0.2) is 10.6 Å². The number of amides is 4. The van der Waals surface area contributed by atoms with Gasteiger partial charge in [-0.1, -0.05) is 11.1 Å². The molecule has 0 aromatic carbocycles. The second kappa shape index (κ2) is 3.95. The SMILES string of the molecule is C#CC(C)(C)c1cc(N2C(=O)C(=O)N(C)C2=O)no1. The topological polar surface area (TPSA) is 83.7 Å². The van der Waals surface area contributed by atoms with Gasteiger partial charge in [0.1, 0.15) is 0 Å². The zero-order valence-electron chi connectivity index (χ0n) is 10.6. The molecular weight excluding hydrogens is 250 g/mol. The Balaban J connectivity index is 2.40. The van der Waals surface area contributed by atoms with E-state index in [4.69, 9.17) is 10.9 Å². The average molecular weight is 261 g/mol. The molecule has 0 radical (unpaired) electrons. The first kappa shape index (κ1) is 12.8. The Morgan fingerprint density at radius 3 is 2.42 bits per heavy atom. The quantitative estimate of drug-likeness (QED) is 0.440. The molecule has 7 heteroatoms. The minimum Gasteiger partial charge on any atom is -0.358 e. The number of nitrogens with zero attached hydrogens (tertiary/aromatic N) is 3. The molecule has 0 unspecified atom stereocenters. The van der Waals surface area contributed by atoms with Gasteiger partial charge in [-0.25, -0.2) is 9.69 Å². The van der Waals surface area contributed by atoms with Gasteiger partial charge < -0.3 is 4.52 Å². The highest BCUT2D eigenvalue weighted by Crippen LogP contribution is 2.28. The van der Waals surface area contributed by atoms with Crippen LogP contribution in [-0.4, -0.2) is 34.9 Å². The van der Waals surface area contributed by atoms with Crippen LogP contribution in [0.1, 0.15) is 19.6 Å². The molecule has 0 aliphatic carbocycles. The van der Waals surface area contributed by atoms with Gasteiger partial charge in [0.05, 0.1) is 5.41 Å².